The summed E-state index contributed by atoms with van der Waals surface area (Å²) in [5.41, 5.74) is 1.34. The van der Waals surface area contributed by atoms with Gasteiger partial charge in [0.1, 0.15) is 0 Å². The molecule has 0 saturated heterocycles. The topological polar surface area (TPSA) is 24.9 Å². The predicted molar refractivity (Wildman–Crippen MR) is 90.0 cm³/mol. The molecule has 0 bridgehead atoms. The van der Waals surface area contributed by atoms with E-state index >= 15 is 0 Å². The molecule has 20 heavy (non-hydrogen) atoms. The molecule has 2 rings (SSSR count). The molecule has 110 valence electrons. The molecular weight excluding hydrogens is 284 g/mol. The fourth-order valence-electron chi connectivity index (χ4n) is 2.04. The molecule has 2 nitrogen and oxygen atoms in total. The Kier molecular flexibility index (Phi) is 4.99. The SMILES string of the molecule is CCc1ccc(C(Cc2nc(C(C)(C)C)cs2)NC)s1. The lowest BCUT2D eigenvalue weighted by molar-refractivity contribution is 0.562. The fraction of sp³-hybridized carbons (Fsp3) is 0.562. The second-order valence-electron chi connectivity index (χ2n) is 6.08. The molecule has 0 fully saturated rings. The minimum atomic E-state index is 0.141. The van der Waals surface area contributed by atoms with E-state index in [2.05, 4.69) is 50.5 Å². The maximum atomic E-state index is 4.80. The Morgan fingerprint density at radius 3 is 2.55 bits per heavy atom. The molecule has 1 unspecified atom stereocenters. The summed E-state index contributed by atoms with van der Waals surface area (Å²) in [7, 11) is 2.04. The molecule has 0 aliphatic heterocycles. The highest BCUT2D eigenvalue weighted by molar-refractivity contribution is 7.12. The molecule has 2 heterocycles. The number of thiazole rings is 1. The van der Waals surface area contributed by atoms with Gasteiger partial charge in [-0.2, -0.15) is 0 Å². The number of aromatic nitrogens is 1. The van der Waals surface area contributed by atoms with Gasteiger partial charge < -0.3 is 5.32 Å². The standard InChI is InChI=1S/C16H24N2S2/c1-6-11-7-8-13(20-11)12(17-5)9-15-18-14(10-19-15)16(2,3)4/h7-8,10,12,17H,6,9H2,1-5H3. The zero-order chi connectivity index (χ0) is 14.8. The van der Waals surface area contributed by atoms with Crippen LogP contribution in [0.4, 0.5) is 0 Å². The van der Waals surface area contributed by atoms with Gasteiger partial charge >= 0.3 is 0 Å². The van der Waals surface area contributed by atoms with Gasteiger partial charge in [0.05, 0.1) is 10.7 Å². The fourth-order valence-corrected chi connectivity index (χ4v) is 4.17. The van der Waals surface area contributed by atoms with Crippen molar-refractivity contribution >= 4 is 22.7 Å². The van der Waals surface area contributed by atoms with Crippen LogP contribution in [-0.2, 0) is 18.3 Å². The number of rotatable bonds is 5. The molecule has 4 heteroatoms. The summed E-state index contributed by atoms with van der Waals surface area (Å²) in [6.45, 7) is 8.86. The van der Waals surface area contributed by atoms with Gasteiger partial charge in [0.25, 0.3) is 0 Å². The highest BCUT2D eigenvalue weighted by atomic mass is 32.1. The van der Waals surface area contributed by atoms with Crippen molar-refractivity contribution in [1.82, 2.24) is 10.3 Å². The van der Waals surface area contributed by atoms with E-state index in [0.29, 0.717) is 6.04 Å². The molecule has 0 aliphatic rings. The summed E-state index contributed by atoms with van der Waals surface area (Å²) < 4.78 is 0. The van der Waals surface area contributed by atoms with Crippen molar-refractivity contribution in [2.75, 3.05) is 7.05 Å². The summed E-state index contributed by atoms with van der Waals surface area (Å²) in [5, 5.41) is 6.85. The van der Waals surface area contributed by atoms with Gasteiger partial charge in [-0.05, 0) is 25.6 Å². The van der Waals surface area contributed by atoms with Gasteiger partial charge in [-0.15, -0.1) is 22.7 Å². The average Bonchev–Trinajstić information content (AvgIpc) is 3.04. The third-order valence-corrected chi connectivity index (χ3v) is 5.64. The number of likely N-dealkylation sites (N-methyl/N-ethyl adjacent to an activating group) is 1. The smallest absolute Gasteiger partial charge is 0.0947 e. The first-order valence-electron chi connectivity index (χ1n) is 7.14. The normalized spacial score (nSPS) is 13.7. The van der Waals surface area contributed by atoms with Crippen LogP contribution in [0.2, 0.25) is 0 Å². The molecule has 0 amide bonds. The van der Waals surface area contributed by atoms with Gasteiger partial charge in [-0.25, -0.2) is 4.98 Å². The van der Waals surface area contributed by atoms with Crippen LogP contribution in [0.5, 0.6) is 0 Å². The van der Waals surface area contributed by atoms with Crippen LogP contribution in [0.3, 0.4) is 0 Å². The van der Waals surface area contributed by atoms with E-state index in [1.165, 1.54) is 20.5 Å². The zero-order valence-electron chi connectivity index (χ0n) is 13.0. The van der Waals surface area contributed by atoms with Crippen LogP contribution >= 0.6 is 22.7 Å². The highest BCUT2D eigenvalue weighted by Crippen LogP contribution is 2.29. The van der Waals surface area contributed by atoms with Crippen molar-refractivity contribution in [2.45, 2.75) is 52.0 Å². The van der Waals surface area contributed by atoms with Gasteiger partial charge in [0.2, 0.25) is 0 Å². The number of nitrogens with one attached hydrogen (secondary N) is 1. The van der Waals surface area contributed by atoms with Crippen molar-refractivity contribution < 1.29 is 0 Å². The molecule has 1 atom stereocenters. The minimum Gasteiger partial charge on any atom is -0.312 e. The third kappa shape index (κ3) is 3.68. The van der Waals surface area contributed by atoms with E-state index in [1.807, 2.05) is 18.4 Å². The average molecular weight is 309 g/mol. The number of aryl methyl sites for hydroxylation is 1. The maximum absolute atomic E-state index is 4.80. The first kappa shape index (κ1) is 15.7. The van der Waals surface area contributed by atoms with Crippen molar-refractivity contribution in [2.24, 2.45) is 0 Å². The van der Waals surface area contributed by atoms with E-state index in [0.717, 1.165) is 12.8 Å². The monoisotopic (exact) mass is 308 g/mol. The van der Waals surface area contributed by atoms with Crippen LogP contribution in [-0.4, -0.2) is 12.0 Å². The van der Waals surface area contributed by atoms with E-state index < -0.39 is 0 Å². The van der Waals surface area contributed by atoms with E-state index in [1.54, 1.807) is 11.3 Å². The molecule has 0 saturated carbocycles. The first-order chi connectivity index (χ1) is 9.44. The summed E-state index contributed by atoms with van der Waals surface area (Å²) in [5.74, 6) is 0. The summed E-state index contributed by atoms with van der Waals surface area (Å²) >= 11 is 3.69. The molecule has 0 aromatic carbocycles. The number of hydrogen-bond acceptors (Lipinski definition) is 4. The van der Waals surface area contributed by atoms with Gasteiger partial charge in [0.15, 0.2) is 0 Å². The first-order valence-corrected chi connectivity index (χ1v) is 8.84. The second-order valence-corrected chi connectivity index (χ2v) is 8.22. The third-order valence-electron chi connectivity index (χ3n) is 3.42. The maximum Gasteiger partial charge on any atom is 0.0947 e. The summed E-state index contributed by atoms with van der Waals surface area (Å²) in [6.07, 6.45) is 2.09. The molecule has 2 aromatic rings. The minimum absolute atomic E-state index is 0.141. The van der Waals surface area contributed by atoms with E-state index in [9.17, 15) is 0 Å². The van der Waals surface area contributed by atoms with Crippen molar-refractivity contribution in [3.05, 3.63) is 38.0 Å². The second kappa shape index (κ2) is 6.37. The van der Waals surface area contributed by atoms with Crippen LogP contribution < -0.4 is 5.32 Å². The zero-order valence-corrected chi connectivity index (χ0v) is 14.6. The Labute approximate surface area is 130 Å². The Hall–Kier alpha value is -0.710. The largest absolute Gasteiger partial charge is 0.312 e. The molecule has 0 radical (unpaired) electrons. The van der Waals surface area contributed by atoms with Gasteiger partial charge in [-0.3, -0.25) is 0 Å². The lowest BCUT2D eigenvalue weighted by Crippen LogP contribution is -2.18. The lowest BCUT2D eigenvalue weighted by Gasteiger charge is -2.15. The molecule has 2 aromatic heterocycles. The van der Waals surface area contributed by atoms with Crippen LogP contribution in [0, 0.1) is 0 Å². The Morgan fingerprint density at radius 2 is 2.05 bits per heavy atom. The summed E-state index contributed by atoms with van der Waals surface area (Å²) in [6, 6.07) is 4.87. The van der Waals surface area contributed by atoms with Gasteiger partial charge in [-0.1, -0.05) is 27.7 Å². The molecule has 0 aliphatic carbocycles. The van der Waals surface area contributed by atoms with E-state index in [4.69, 9.17) is 4.98 Å². The van der Waals surface area contributed by atoms with Crippen molar-refractivity contribution in [3.8, 4) is 0 Å². The Balaban J connectivity index is 2.12. The van der Waals surface area contributed by atoms with Gasteiger partial charge in [0, 0.05) is 33.0 Å². The number of thiophene rings is 1. The quantitative estimate of drug-likeness (QED) is 0.875. The lowest BCUT2D eigenvalue weighted by atomic mass is 9.93. The number of nitrogens with zero attached hydrogens (tertiary/aromatic N) is 1. The van der Waals surface area contributed by atoms with Crippen LogP contribution in [0.15, 0.2) is 17.5 Å². The highest BCUT2D eigenvalue weighted by Gasteiger charge is 2.19. The van der Waals surface area contributed by atoms with Crippen LogP contribution in [0.1, 0.15) is 54.2 Å². The Bertz CT molecular complexity index is 549. The molecule has 1 N–H and O–H groups in total. The summed E-state index contributed by atoms with van der Waals surface area (Å²) in [4.78, 5) is 7.67. The number of hydrogen-bond donors (Lipinski definition) is 1. The molecular formula is C16H24N2S2. The molecule has 0 spiro atoms. The predicted octanol–water partition coefficient (Wildman–Crippen LogP) is 4.57. The van der Waals surface area contributed by atoms with Crippen molar-refractivity contribution in [1.29, 1.82) is 0 Å². The van der Waals surface area contributed by atoms with Crippen LogP contribution in [0.25, 0.3) is 0 Å². The van der Waals surface area contributed by atoms with Crippen molar-refractivity contribution in [3.63, 3.8) is 0 Å². The Morgan fingerprint density at radius 1 is 1.30 bits per heavy atom. The van der Waals surface area contributed by atoms with E-state index in [-0.39, 0.29) is 5.41 Å².